The molecule has 2 rings (SSSR count). The molecule has 5 heteroatoms. The lowest BCUT2D eigenvalue weighted by molar-refractivity contribution is -0.131. The van der Waals surface area contributed by atoms with E-state index >= 15 is 0 Å². The van der Waals surface area contributed by atoms with Gasteiger partial charge in [-0.3, -0.25) is 4.79 Å². The summed E-state index contributed by atoms with van der Waals surface area (Å²) < 4.78 is 0. The molecular formula is C12H23ClN2OS. The molecule has 1 N–H and O–H groups in total. The molecule has 3 nitrogen and oxygen atoms in total. The molecule has 100 valence electrons. The molecular weight excluding hydrogens is 256 g/mol. The van der Waals surface area contributed by atoms with E-state index in [1.807, 2.05) is 23.7 Å². The molecule has 2 heterocycles. The quantitative estimate of drug-likeness (QED) is 0.837. The number of carbonyl (C=O) groups is 1. The predicted octanol–water partition coefficient (Wildman–Crippen LogP) is 1.90. The van der Waals surface area contributed by atoms with E-state index in [0.29, 0.717) is 11.9 Å². The predicted molar refractivity (Wildman–Crippen MR) is 76.0 cm³/mol. The summed E-state index contributed by atoms with van der Waals surface area (Å²) >= 11 is 1.84. The molecule has 0 aromatic heterocycles. The minimum Gasteiger partial charge on any atom is -0.342 e. The summed E-state index contributed by atoms with van der Waals surface area (Å²) in [6, 6.07) is 0.462. The number of rotatable bonds is 2. The number of hydrogen-bond donors (Lipinski definition) is 1. The third-order valence-corrected chi connectivity index (χ3v) is 5.01. The Morgan fingerprint density at radius 3 is 2.76 bits per heavy atom. The van der Waals surface area contributed by atoms with Gasteiger partial charge in [0.05, 0.1) is 5.25 Å². The van der Waals surface area contributed by atoms with Crippen LogP contribution in [-0.2, 0) is 4.79 Å². The van der Waals surface area contributed by atoms with Gasteiger partial charge < -0.3 is 10.2 Å². The number of hydrogen-bond acceptors (Lipinski definition) is 3. The fourth-order valence-corrected chi connectivity index (χ4v) is 3.83. The Morgan fingerprint density at radius 1 is 1.24 bits per heavy atom. The van der Waals surface area contributed by atoms with Crippen molar-refractivity contribution in [2.45, 2.75) is 43.4 Å². The number of amides is 1. The fraction of sp³-hybridized carbons (Fsp3) is 0.917. The number of thioether (sulfide) groups is 1. The zero-order chi connectivity index (χ0) is 11.4. The highest BCUT2D eigenvalue weighted by atomic mass is 35.5. The van der Waals surface area contributed by atoms with Gasteiger partial charge in [-0.1, -0.05) is 0 Å². The Balaban J connectivity index is 0.00000144. The van der Waals surface area contributed by atoms with Crippen molar-refractivity contribution in [3.8, 4) is 0 Å². The molecule has 2 saturated heterocycles. The summed E-state index contributed by atoms with van der Waals surface area (Å²) in [6.07, 6.45) is 5.76. The van der Waals surface area contributed by atoms with E-state index in [9.17, 15) is 4.79 Å². The maximum atomic E-state index is 12.2. The van der Waals surface area contributed by atoms with E-state index in [2.05, 4.69) is 5.32 Å². The van der Waals surface area contributed by atoms with Gasteiger partial charge in [0.25, 0.3) is 0 Å². The maximum absolute atomic E-state index is 12.2. The first-order valence-corrected chi connectivity index (χ1v) is 7.43. The number of halogens is 1. The lowest BCUT2D eigenvalue weighted by Crippen LogP contribution is -2.41. The normalized spacial score (nSPS) is 29.2. The second-order valence-corrected chi connectivity index (χ2v) is 6.10. The zero-order valence-electron chi connectivity index (χ0n) is 10.5. The second-order valence-electron chi connectivity index (χ2n) is 4.79. The standard InChI is InChI=1S/C12H22N2OS.ClH/c1-14(10-4-2-7-13-8-6-10)12(15)11-5-3-9-16-11;/h10-11,13H,2-9H2,1H3;1H. The molecule has 0 aromatic carbocycles. The van der Waals surface area contributed by atoms with Crippen LogP contribution in [0.2, 0.25) is 0 Å². The molecule has 2 fully saturated rings. The van der Waals surface area contributed by atoms with Gasteiger partial charge in [0, 0.05) is 13.1 Å². The van der Waals surface area contributed by atoms with Crippen LogP contribution in [0.3, 0.4) is 0 Å². The van der Waals surface area contributed by atoms with E-state index in [-0.39, 0.29) is 17.7 Å². The van der Waals surface area contributed by atoms with Crippen molar-refractivity contribution < 1.29 is 4.79 Å². The van der Waals surface area contributed by atoms with Crippen LogP contribution in [-0.4, -0.2) is 48.0 Å². The average Bonchev–Trinajstić information content (AvgIpc) is 2.70. The number of nitrogens with zero attached hydrogens (tertiary/aromatic N) is 1. The van der Waals surface area contributed by atoms with Crippen LogP contribution in [0, 0.1) is 0 Å². The third kappa shape index (κ3) is 4.04. The molecule has 0 bridgehead atoms. The number of carbonyl (C=O) groups excluding carboxylic acids is 1. The Hall–Kier alpha value is 0.0700. The summed E-state index contributed by atoms with van der Waals surface area (Å²) in [5, 5.41) is 3.65. The summed E-state index contributed by atoms with van der Waals surface area (Å²) in [7, 11) is 2.00. The van der Waals surface area contributed by atoms with Crippen LogP contribution < -0.4 is 5.32 Å². The van der Waals surface area contributed by atoms with E-state index < -0.39 is 0 Å². The van der Waals surface area contributed by atoms with Crippen molar-refractivity contribution in [1.82, 2.24) is 10.2 Å². The Kier molecular flexibility index (Phi) is 6.67. The van der Waals surface area contributed by atoms with E-state index in [4.69, 9.17) is 0 Å². The topological polar surface area (TPSA) is 32.3 Å². The average molecular weight is 279 g/mol. The van der Waals surface area contributed by atoms with Gasteiger partial charge in [0.2, 0.25) is 5.91 Å². The van der Waals surface area contributed by atoms with Gasteiger partial charge in [-0.05, 0) is 50.9 Å². The fourth-order valence-electron chi connectivity index (χ4n) is 2.57. The summed E-state index contributed by atoms with van der Waals surface area (Å²) in [5.74, 6) is 1.53. The highest BCUT2D eigenvalue weighted by molar-refractivity contribution is 8.00. The second kappa shape index (κ2) is 7.49. The molecule has 2 atom stereocenters. The summed E-state index contributed by atoms with van der Waals surface area (Å²) in [4.78, 5) is 14.3. The van der Waals surface area contributed by atoms with Gasteiger partial charge in [-0.25, -0.2) is 0 Å². The van der Waals surface area contributed by atoms with Gasteiger partial charge in [-0.15, -0.1) is 24.2 Å². The molecule has 0 radical (unpaired) electrons. The van der Waals surface area contributed by atoms with Crippen molar-refractivity contribution in [2.24, 2.45) is 0 Å². The molecule has 0 saturated carbocycles. The van der Waals surface area contributed by atoms with Gasteiger partial charge in [0.1, 0.15) is 0 Å². The Bertz CT molecular complexity index is 239. The van der Waals surface area contributed by atoms with Gasteiger partial charge in [-0.2, -0.15) is 0 Å². The lowest BCUT2D eigenvalue weighted by atomic mass is 10.1. The van der Waals surface area contributed by atoms with Crippen molar-refractivity contribution in [3.05, 3.63) is 0 Å². The lowest BCUT2D eigenvalue weighted by Gasteiger charge is -2.29. The summed E-state index contributed by atoms with van der Waals surface area (Å²) in [6.45, 7) is 2.16. The summed E-state index contributed by atoms with van der Waals surface area (Å²) in [5.41, 5.74) is 0. The number of nitrogens with one attached hydrogen (secondary N) is 1. The van der Waals surface area contributed by atoms with Crippen molar-refractivity contribution in [1.29, 1.82) is 0 Å². The molecule has 2 unspecified atom stereocenters. The van der Waals surface area contributed by atoms with Crippen molar-refractivity contribution in [2.75, 3.05) is 25.9 Å². The minimum absolute atomic E-state index is 0. The minimum atomic E-state index is 0. The molecule has 0 spiro atoms. The van der Waals surface area contributed by atoms with Crippen LogP contribution in [0.15, 0.2) is 0 Å². The van der Waals surface area contributed by atoms with Crippen LogP contribution in [0.5, 0.6) is 0 Å². The molecule has 17 heavy (non-hydrogen) atoms. The molecule has 2 aliphatic heterocycles. The van der Waals surface area contributed by atoms with Gasteiger partial charge in [0.15, 0.2) is 0 Å². The van der Waals surface area contributed by atoms with E-state index in [1.165, 1.54) is 12.8 Å². The van der Waals surface area contributed by atoms with Crippen LogP contribution >= 0.6 is 24.2 Å². The molecule has 2 aliphatic rings. The smallest absolute Gasteiger partial charge is 0.235 e. The van der Waals surface area contributed by atoms with Crippen molar-refractivity contribution in [3.63, 3.8) is 0 Å². The first kappa shape index (κ1) is 15.1. The monoisotopic (exact) mass is 278 g/mol. The highest BCUT2D eigenvalue weighted by Gasteiger charge is 2.29. The zero-order valence-corrected chi connectivity index (χ0v) is 12.1. The molecule has 0 aromatic rings. The largest absolute Gasteiger partial charge is 0.342 e. The van der Waals surface area contributed by atoms with E-state index in [0.717, 1.165) is 38.1 Å². The maximum Gasteiger partial charge on any atom is 0.235 e. The van der Waals surface area contributed by atoms with E-state index in [1.54, 1.807) is 0 Å². The SMILES string of the molecule is CN(C(=O)C1CCCS1)C1CCCNCC1.Cl. The molecule has 0 aliphatic carbocycles. The van der Waals surface area contributed by atoms with Crippen molar-refractivity contribution >= 4 is 30.1 Å². The Morgan fingerprint density at radius 2 is 2.06 bits per heavy atom. The first-order chi connectivity index (χ1) is 7.79. The molecule has 1 amide bonds. The Labute approximate surface area is 114 Å². The van der Waals surface area contributed by atoms with Crippen LogP contribution in [0.25, 0.3) is 0 Å². The van der Waals surface area contributed by atoms with Gasteiger partial charge >= 0.3 is 0 Å². The highest BCUT2D eigenvalue weighted by Crippen LogP contribution is 2.28. The van der Waals surface area contributed by atoms with Crippen LogP contribution in [0.1, 0.15) is 32.1 Å². The van der Waals surface area contributed by atoms with Crippen LogP contribution in [0.4, 0.5) is 0 Å². The third-order valence-electron chi connectivity index (χ3n) is 3.65. The first-order valence-electron chi connectivity index (χ1n) is 6.38.